The highest BCUT2D eigenvalue weighted by Crippen LogP contribution is 2.15. The van der Waals surface area contributed by atoms with Gasteiger partial charge in [0.05, 0.1) is 12.4 Å². The Kier molecular flexibility index (Phi) is 130. The highest BCUT2D eigenvalue weighted by molar-refractivity contribution is 6.29. The van der Waals surface area contributed by atoms with Gasteiger partial charge in [-0.1, -0.05) is 351 Å². The summed E-state index contributed by atoms with van der Waals surface area (Å²) >= 11 is 0. The van der Waals surface area contributed by atoms with Gasteiger partial charge in [0, 0.05) is 89.7 Å². The van der Waals surface area contributed by atoms with E-state index in [0.717, 1.165) is 116 Å². The minimum Gasteiger partial charge on any atom is -0.300 e. The third kappa shape index (κ3) is 333. The zero-order chi connectivity index (χ0) is 90.1. The SMILES string of the molecule is CC.CC.CC.CC.CC.CC.CC.CC.CC(C)(C)C.CC(C)(C)C.CC(C)(C)C.CC(C)(C)C.CC(C)(C)C.CC(C)(C)C.CC(C)(C)C.CC(C)(C)C.O=C1C=CCC1.O=C1C=CCCC1.O=C1C=NCC1.O=C1C=NCCC1.O=C1CCC=N1.O=C1CCCC1.O=C1CCCC=N1.O=C1CCCCC1. The molecule has 0 aromatic carbocycles. The van der Waals surface area contributed by atoms with Crippen molar-refractivity contribution in [2.24, 2.45) is 63.3 Å². The Morgan fingerprint density at radius 1 is 0.222 bits per heavy atom. The van der Waals surface area contributed by atoms with Crippen LogP contribution in [0.15, 0.2) is 44.3 Å². The Bertz CT molecular complexity index is 1770. The van der Waals surface area contributed by atoms with Gasteiger partial charge in [-0.3, -0.25) is 48.3 Å². The minimum atomic E-state index is 0.0231. The summed E-state index contributed by atoms with van der Waals surface area (Å²) in [5.41, 5.74) is 4.00. The number of Topliss-reactive ketones (excluding diaryl/α,β-unsaturated/α-hetero) is 4. The Balaban J connectivity index is -0.0000000591. The molecule has 8 aliphatic rings. The summed E-state index contributed by atoms with van der Waals surface area (Å²) in [4.78, 5) is 96.5. The fourth-order valence-corrected chi connectivity index (χ4v) is 4.91. The van der Waals surface area contributed by atoms with Crippen LogP contribution in [0, 0.1) is 43.3 Å². The van der Waals surface area contributed by atoms with Gasteiger partial charge in [0.25, 0.3) is 0 Å². The number of ketones is 6. The molecular formula is C96H200N4O8. The summed E-state index contributed by atoms with van der Waals surface area (Å²) in [6.45, 7) is 104. The third-order valence-corrected chi connectivity index (χ3v) is 7.88. The smallest absolute Gasteiger partial charge is 0.245 e. The van der Waals surface area contributed by atoms with Gasteiger partial charge in [-0.25, -0.2) is 9.98 Å². The van der Waals surface area contributed by atoms with Crippen molar-refractivity contribution in [1.29, 1.82) is 0 Å². The van der Waals surface area contributed by atoms with E-state index < -0.39 is 0 Å². The lowest BCUT2D eigenvalue weighted by atomic mass is 10.00. The van der Waals surface area contributed by atoms with Crippen LogP contribution in [0.3, 0.4) is 0 Å². The van der Waals surface area contributed by atoms with Crippen molar-refractivity contribution >= 4 is 71.4 Å². The Labute approximate surface area is 680 Å². The summed E-state index contributed by atoms with van der Waals surface area (Å²) in [5, 5.41) is 0. The number of carbonyl (C=O) groups is 8. The summed E-state index contributed by atoms with van der Waals surface area (Å²) in [6, 6.07) is 0. The number of amides is 2. The van der Waals surface area contributed by atoms with Crippen LogP contribution in [0.2, 0.25) is 0 Å². The highest BCUT2D eigenvalue weighted by Gasteiger charge is 2.09. The standard InChI is InChI=1S/C6H10O.C6H8O.2C5H7NO.C5H8O.C5H6O.8C5H12.2C4H5NO.8C2H6/c2*7-6-4-2-1-3-5-6;7-5-2-1-3-6-4-5;7-5-3-1-2-4-6-5;2*6-5-3-1-2-4-5;8*1-5(2,3)4;6-4-1-2-5-3-4;6-4-2-1-3-5-4;8*1-2/h1-5H2;2,4H,1,3,5H2;2*4H,1-3H2;1-4H2;1,3H,2,4H2;8*1-4H3;2*3H,1-2H2;8*1-2H3. The first kappa shape index (κ1) is 142. The number of nitrogens with zero attached hydrogens (tertiary/aromatic N) is 4. The lowest BCUT2D eigenvalue weighted by Crippen LogP contribution is -2.05. The van der Waals surface area contributed by atoms with E-state index in [9.17, 15) is 38.4 Å². The first-order chi connectivity index (χ1) is 49.2. The maximum Gasteiger partial charge on any atom is 0.245 e. The maximum absolute atomic E-state index is 10.5. The average molecular weight is 1540 g/mol. The highest BCUT2D eigenvalue weighted by atomic mass is 16.2. The number of carbonyl (C=O) groups excluding carboxylic acids is 8. The Morgan fingerprint density at radius 3 is 0.565 bits per heavy atom. The summed E-state index contributed by atoms with van der Waals surface area (Å²) in [7, 11) is 0. The van der Waals surface area contributed by atoms with E-state index in [0.29, 0.717) is 87.1 Å². The lowest BCUT2D eigenvalue weighted by molar-refractivity contribution is -0.120. The number of rotatable bonds is 0. The van der Waals surface area contributed by atoms with Gasteiger partial charge in [0.15, 0.2) is 23.1 Å². The molecular weight excluding hydrogens is 1340 g/mol. The molecule has 4 aliphatic heterocycles. The minimum absolute atomic E-state index is 0.0231. The topological polar surface area (TPSA) is 186 Å². The van der Waals surface area contributed by atoms with Gasteiger partial charge < -0.3 is 0 Å². The molecule has 4 heterocycles. The Hall–Kier alpha value is -4.48. The summed E-state index contributed by atoms with van der Waals surface area (Å²) in [5.74, 6) is 1.87. The molecule has 652 valence electrons. The molecule has 108 heavy (non-hydrogen) atoms. The normalized spacial score (nSPS) is 14.8. The lowest BCUT2D eigenvalue weighted by Gasteiger charge is -2.05. The van der Waals surface area contributed by atoms with Gasteiger partial charge in [0.2, 0.25) is 11.8 Å². The van der Waals surface area contributed by atoms with Crippen LogP contribution in [0.5, 0.6) is 0 Å². The number of allylic oxidation sites excluding steroid dienone is 4. The van der Waals surface area contributed by atoms with Crippen molar-refractivity contribution in [1.82, 2.24) is 0 Å². The van der Waals surface area contributed by atoms with E-state index >= 15 is 0 Å². The fraction of sp³-hybridized carbons (Fsp3) is 0.833. The van der Waals surface area contributed by atoms with E-state index in [-0.39, 0.29) is 34.9 Å². The fourth-order valence-electron chi connectivity index (χ4n) is 4.91. The van der Waals surface area contributed by atoms with E-state index in [1.54, 1.807) is 24.6 Å². The largest absolute Gasteiger partial charge is 0.300 e. The van der Waals surface area contributed by atoms with Gasteiger partial charge in [0.1, 0.15) is 11.6 Å². The van der Waals surface area contributed by atoms with Gasteiger partial charge in [-0.2, -0.15) is 0 Å². The molecule has 0 atom stereocenters. The monoisotopic (exact) mass is 1540 g/mol. The number of hydrogen-bond donors (Lipinski definition) is 0. The first-order valence-corrected chi connectivity index (χ1v) is 42.7. The molecule has 12 nitrogen and oxygen atoms in total. The van der Waals surface area contributed by atoms with Gasteiger partial charge in [-0.15, -0.1) is 0 Å². The van der Waals surface area contributed by atoms with Gasteiger partial charge >= 0.3 is 0 Å². The van der Waals surface area contributed by atoms with Crippen molar-refractivity contribution in [3.63, 3.8) is 0 Å². The average Bonchev–Trinajstić information content (AvgIpc) is 1.40. The van der Waals surface area contributed by atoms with Crippen LogP contribution >= 0.6 is 0 Å². The predicted molar refractivity (Wildman–Crippen MR) is 495 cm³/mol. The maximum atomic E-state index is 10.5. The molecule has 2 fully saturated rings. The van der Waals surface area contributed by atoms with Crippen molar-refractivity contribution in [3.05, 3.63) is 24.3 Å². The molecule has 0 aromatic rings. The molecule has 0 unspecified atom stereocenters. The molecule has 0 radical (unpaired) electrons. The third-order valence-electron chi connectivity index (χ3n) is 7.88. The second-order valence-electron chi connectivity index (χ2n) is 36.7. The number of aliphatic imine (C=N–C) groups is 4. The van der Waals surface area contributed by atoms with E-state index in [1.807, 2.05) is 123 Å². The molecule has 0 aromatic heterocycles. The van der Waals surface area contributed by atoms with E-state index in [1.165, 1.54) is 18.9 Å². The quantitative estimate of drug-likeness (QED) is 0.229. The van der Waals surface area contributed by atoms with Crippen molar-refractivity contribution in [2.45, 2.75) is 474 Å². The van der Waals surface area contributed by atoms with E-state index in [4.69, 9.17) is 0 Å². The zero-order valence-corrected chi connectivity index (χ0v) is 82.6. The predicted octanol–water partition coefficient (Wildman–Crippen LogP) is 31.1. The van der Waals surface area contributed by atoms with Crippen molar-refractivity contribution in [2.75, 3.05) is 13.1 Å². The van der Waals surface area contributed by atoms with Crippen LogP contribution in [-0.2, 0) is 38.4 Å². The van der Waals surface area contributed by atoms with Crippen LogP contribution in [0.25, 0.3) is 0 Å². The molecule has 0 spiro atoms. The second-order valence-corrected chi connectivity index (χ2v) is 36.7. The van der Waals surface area contributed by atoms with Crippen LogP contribution in [0.4, 0.5) is 0 Å². The van der Waals surface area contributed by atoms with E-state index in [2.05, 4.69) is 242 Å². The molecule has 2 saturated carbocycles. The number of hydrogen-bond acceptors (Lipinski definition) is 10. The molecule has 0 bridgehead atoms. The molecule has 2 amide bonds. The van der Waals surface area contributed by atoms with Crippen molar-refractivity contribution in [3.8, 4) is 0 Å². The molecule has 4 aliphatic carbocycles. The molecule has 8 rings (SSSR count). The first-order valence-electron chi connectivity index (χ1n) is 42.7. The van der Waals surface area contributed by atoms with Crippen molar-refractivity contribution < 1.29 is 38.4 Å². The molecule has 12 heteroatoms. The molecule has 0 saturated heterocycles. The van der Waals surface area contributed by atoms with Crippen LogP contribution in [0.1, 0.15) is 474 Å². The summed E-state index contributed by atoms with van der Waals surface area (Å²) < 4.78 is 0. The summed E-state index contributed by atoms with van der Waals surface area (Å²) in [6.07, 6.45) is 33.5. The van der Waals surface area contributed by atoms with Crippen LogP contribution in [-0.4, -0.2) is 84.5 Å². The zero-order valence-electron chi connectivity index (χ0n) is 82.6. The second kappa shape index (κ2) is 98.6. The Morgan fingerprint density at radius 2 is 0.463 bits per heavy atom. The molecule has 0 N–H and O–H groups in total. The van der Waals surface area contributed by atoms with Crippen LogP contribution < -0.4 is 0 Å². The van der Waals surface area contributed by atoms with Gasteiger partial charge in [-0.05, 0) is 126 Å².